The van der Waals surface area contributed by atoms with Crippen molar-refractivity contribution in [3.05, 3.63) is 40.5 Å². The lowest BCUT2D eigenvalue weighted by molar-refractivity contribution is -0.151. The number of aromatic nitrogens is 2. The standard InChI is InChI=1S/C14H13ClN4O2.C7H13F2N/c15-10-3-1-2-9(6-10)13-12(14(16)21)11-7-18(8-20)4-5-19(11)17-13;1-6(5-10-2)3-7(8,9)4-6/h1-3,6,8H,4-5,7H2,(H2,16,21);10H,3-5H2,1-2H3. The summed E-state index contributed by atoms with van der Waals surface area (Å²) in [5, 5.41) is 7.94. The number of amides is 2. The highest BCUT2D eigenvalue weighted by Gasteiger charge is 2.52. The van der Waals surface area contributed by atoms with Crippen molar-refractivity contribution in [3.8, 4) is 11.3 Å². The number of carbonyl (C=O) groups is 2. The number of benzene rings is 1. The number of nitrogens with two attached hydrogens (primary N) is 1. The summed E-state index contributed by atoms with van der Waals surface area (Å²) in [6.45, 7) is 4.01. The molecule has 1 aromatic carbocycles. The van der Waals surface area contributed by atoms with Crippen LogP contribution in [0.1, 0.15) is 35.8 Å². The van der Waals surface area contributed by atoms with Gasteiger partial charge in [0.15, 0.2) is 0 Å². The van der Waals surface area contributed by atoms with Gasteiger partial charge in [0.05, 0.1) is 24.3 Å². The summed E-state index contributed by atoms with van der Waals surface area (Å²) in [6.07, 6.45) is 0.849. The maximum absolute atomic E-state index is 12.3. The summed E-state index contributed by atoms with van der Waals surface area (Å²) in [4.78, 5) is 24.4. The van der Waals surface area contributed by atoms with Gasteiger partial charge in [-0.2, -0.15) is 5.10 Å². The van der Waals surface area contributed by atoms with Crippen LogP contribution in [0.25, 0.3) is 11.3 Å². The van der Waals surface area contributed by atoms with Crippen molar-refractivity contribution < 1.29 is 18.4 Å². The third-order valence-electron chi connectivity index (χ3n) is 5.48. The molecule has 1 aromatic heterocycles. The van der Waals surface area contributed by atoms with Crippen LogP contribution in [0.5, 0.6) is 0 Å². The first-order valence-corrected chi connectivity index (χ1v) is 10.3. The summed E-state index contributed by atoms with van der Waals surface area (Å²) >= 11 is 5.99. The SMILES string of the molecule is CNCC1(C)CC(F)(F)C1.NC(=O)c1c(-c2cccc(Cl)c2)nn2c1CN(C=O)CC2. The molecule has 10 heteroatoms. The first-order valence-electron chi connectivity index (χ1n) is 9.95. The Bertz CT molecular complexity index is 971. The first-order chi connectivity index (χ1) is 14.6. The van der Waals surface area contributed by atoms with E-state index in [2.05, 4.69) is 10.4 Å². The van der Waals surface area contributed by atoms with Gasteiger partial charge in [0.1, 0.15) is 5.69 Å². The van der Waals surface area contributed by atoms with Crippen molar-refractivity contribution in [1.29, 1.82) is 0 Å². The van der Waals surface area contributed by atoms with E-state index in [0.717, 1.165) is 12.0 Å². The Labute approximate surface area is 184 Å². The van der Waals surface area contributed by atoms with Gasteiger partial charge in [0, 0.05) is 36.5 Å². The van der Waals surface area contributed by atoms with E-state index in [1.54, 1.807) is 34.8 Å². The molecular formula is C21H26ClF2N5O2. The maximum Gasteiger partial charge on any atom is 0.252 e. The number of carbonyl (C=O) groups excluding carboxylic acids is 2. The molecule has 1 aliphatic heterocycles. The zero-order valence-electron chi connectivity index (χ0n) is 17.5. The number of nitrogens with zero attached hydrogens (tertiary/aromatic N) is 3. The lowest BCUT2D eigenvalue weighted by atomic mass is 9.67. The Hall–Kier alpha value is -2.52. The predicted octanol–water partition coefficient (Wildman–Crippen LogP) is 2.92. The Morgan fingerprint density at radius 2 is 2.06 bits per heavy atom. The molecule has 1 saturated carbocycles. The molecule has 1 aliphatic carbocycles. The summed E-state index contributed by atoms with van der Waals surface area (Å²) in [6, 6.07) is 7.10. The second-order valence-corrected chi connectivity index (χ2v) is 8.83. The van der Waals surface area contributed by atoms with Crippen molar-refractivity contribution in [2.75, 3.05) is 20.1 Å². The Balaban J connectivity index is 0.000000229. The lowest BCUT2D eigenvalue weighted by Gasteiger charge is -2.44. The minimum Gasteiger partial charge on any atom is -0.365 e. The molecule has 0 saturated heterocycles. The number of hydrogen-bond donors (Lipinski definition) is 2. The quantitative estimate of drug-likeness (QED) is 0.681. The molecule has 2 heterocycles. The molecule has 0 bridgehead atoms. The topological polar surface area (TPSA) is 93.2 Å². The van der Waals surface area contributed by atoms with Gasteiger partial charge in [-0.3, -0.25) is 14.3 Å². The Morgan fingerprint density at radius 3 is 2.61 bits per heavy atom. The van der Waals surface area contributed by atoms with E-state index in [-0.39, 0.29) is 18.3 Å². The van der Waals surface area contributed by atoms with Gasteiger partial charge in [-0.15, -0.1) is 0 Å². The predicted molar refractivity (Wildman–Crippen MR) is 114 cm³/mol. The van der Waals surface area contributed by atoms with Crippen molar-refractivity contribution in [2.24, 2.45) is 11.1 Å². The molecule has 1 fully saturated rings. The van der Waals surface area contributed by atoms with Crippen LogP contribution in [-0.4, -0.2) is 53.1 Å². The zero-order valence-corrected chi connectivity index (χ0v) is 18.3. The van der Waals surface area contributed by atoms with Crippen LogP contribution in [0.4, 0.5) is 8.78 Å². The number of fused-ring (bicyclic) bond motifs is 1. The number of halogens is 3. The van der Waals surface area contributed by atoms with Gasteiger partial charge in [0.2, 0.25) is 12.3 Å². The molecule has 3 N–H and O–H groups in total. The molecule has 2 aromatic rings. The number of rotatable bonds is 5. The average molecular weight is 454 g/mol. The molecule has 0 radical (unpaired) electrons. The molecule has 31 heavy (non-hydrogen) atoms. The molecule has 2 amide bonds. The molecule has 4 rings (SSSR count). The van der Waals surface area contributed by atoms with Crippen LogP contribution in [0.15, 0.2) is 24.3 Å². The highest BCUT2D eigenvalue weighted by molar-refractivity contribution is 6.30. The summed E-state index contributed by atoms with van der Waals surface area (Å²) in [5.74, 6) is -2.94. The van der Waals surface area contributed by atoms with Gasteiger partial charge in [-0.25, -0.2) is 8.78 Å². The fraction of sp³-hybridized carbons (Fsp3) is 0.476. The first kappa shape index (κ1) is 23.1. The van der Waals surface area contributed by atoms with Crippen LogP contribution >= 0.6 is 11.6 Å². The van der Waals surface area contributed by atoms with E-state index in [1.165, 1.54) is 0 Å². The number of alkyl halides is 2. The normalized spacial score (nSPS) is 18.3. The maximum atomic E-state index is 12.3. The molecular weight excluding hydrogens is 428 g/mol. The second kappa shape index (κ2) is 8.92. The van der Waals surface area contributed by atoms with Crippen LogP contribution < -0.4 is 11.1 Å². The Kier molecular flexibility index (Phi) is 6.66. The zero-order chi connectivity index (χ0) is 22.8. The largest absolute Gasteiger partial charge is 0.365 e. The minimum absolute atomic E-state index is 0.0425. The van der Waals surface area contributed by atoms with Crippen molar-refractivity contribution >= 4 is 23.9 Å². The number of nitrogens with one attached hydrogen (secondary N) is 1. The third kappa shape index (κ3) is 5.22. The lowest BCUT2D eigenvalue weighted by Crippen LogP contribution is -2.48. The smallest absolute Gasteiger partial charge is 0.252 e. The van der Waals surface area contributed by atoms with Gasteiger partial charge >= 0.3 is 0 Å². The van der Waals surface area contributed by atoms with E-state index in [1.807, 2.05) is 13.0 Å². The van der Waals surface area contributed by atoms with Gasteiger partial charge in [-0.1, -0.05) is 30.7 Å². The molecule has 2 aliphatic rings. The molecule has 0 unspecified atom stereocenters. The minimum atomic E-state index is -2.38. The highest BCUT2D eigenvalue weighted by Crippen LogP contribution is 2.51. The third-order valence-corrected chi connectivity index (χ3v) is 5.71. The van der Waals surface area contributed by atoms with Crippen molar-refractivity contribution in [3.63, 3.8) is 0 Å². The molecule has 0 atom stereocenters. The van der Waals surface area contributed by atoms with Crippen molar-refractivity contribution in [1.82, 2.24) is 20.0 Å². The summed E-state index contributed by atoms with van der Waals surface area (Å²) in [7, 11) is 1.79. The fourth-order valence-corrected chi connectivity index (χ4v) is 4.46. The number of primary amides is 1. The summed E-state index contributed by atoms with van der Waals surface area (Å²) < 4.78 is 26.4. The van der Waals surface area contributed by atoms with E-state index in [9.17, 15) is 18.4 Å². The van der Waals surface area contributed by atoms with E-state index in [4.69, 9.17) is 17.3 Å². The monoisotopic (exact) mass is 453 g/mol. The fourth-order valence-electron chi connectivity index (χ4n) is 4.27. The second-order valence-electron chi connectivity index (χ2n) is 8.39. The van der Waals surface area contributed by atoms with E-state index >= 15 is 0 Å². The van der Waals surface area contributed by atoms with Crippen LogP contribution in [0, 0.1) is 5.41 Å². The molecule has 0 spiro atoms. The van der Waals surface area contributed by atoms with Gasteiger partial charge in [0.25, 0.3) is 5.91 Å². The summed E-state index contributed by atoms with van der Waals surface area (Å²) in [5.41, 5.74) is 7.61. The Morgan fingerprint density at radius 1 is 1.35 bits per heavy atom. The molecule has 7 nitrogen and oxygen atoms in total. The van der Waals surface area contributed by atoms with E-state index < -0.39 is 11.8 Å². The van der Waals surface area contributed by atoms with Gasteiger partial charge < -0.3 is 16.0 Å². The van der Waals surface area contributed by atoms with Gasteiger partial charge in [-0.05, 0) is 24.6 Å². The van der Waals surface area contributed by atoms with E-state index in [0.29, 0.717) is 48.2 Å². The molecule has 168 valence electrons. The number of hydrogen-bond acceptors (Lipinski definition) is 4. The van der Waals surface area contributed by atoms with Crippen LogP contribution in [-0.2, 0) is 17.9 Å². The van der Waals surface area contributed by atoms with Crippen LogP contribution in [0.3, 0.4) is 0 Å². The van der Waals surface area contributed by atoms with Crippen LogP contribution in [0.2, 0.25) is 5.02 Å². The highest BCUT2D eigenvalue weighted by atomic mass is 35.5. The average Bonchev–Trinajstić information content (AvgIpc) is 3.05. The van der Waals surface area contributed by atoms with Crippen molar-refractivity contribution in [2.45, 2.75) is 38.8 Å².